The molecular formula is C11H13N3OS. The summed E-state index contributed by atoms with van der Waals surface area (Å²) in [6.07, 6.45) is 1.92. The molecule has 4 nitrogen and oxygen atoms in total. The van der Waals surface area contributed by atoms with Crippen molar-refractivity contribution >= 4 is 17.2 Å². The summed E-state index contributed by atoms with van der Waals surface area (Å²) in [5.74, 6) is 0.0864. The molecule has 0 bridgehead atoms. The standard InChI is InChI=1S/C11H13N3OS/c12-6-8-3-4-9(16-8)7-14-10-2-1-5-13-11(10)15/h3-4,10,14H,1-2,5,7H2,(H,13,15). The number of hydrogen-bond donors (Lipinski definition) is 2. The highest BCUT2D eigenvalue weighted by atomic mass is 32.1. The minimum absolute atomic E-state index is 0.0821. The molecule has 1 atom stereocenters. The monoisotopic (exact) mass is 235 g/mol. The predicted molar refractivity (Wildman–Crippen MR) is 61.9 cm³/mol. The number of thiophene rings is 1. The molecule has 0 aliphatic carbocycles. The Morgan fingerprint density at radius 1 is 1.62 bits per heavy atom. The van der Waals surface area contributed by atoms with Gasteiger partial charge in [-0.3, -0.25) is 4.79 Å². The SMILES string of the molecule is N#Cc1ccc(CNC2CCCNC2=O)s1. The maximum atomic E-state index is 11.5. The summed E-state index contributed by atoms with van der Waals surface area (Å²) in [4.78, 5) is 13.3. The minimum atomic E-state index is -0.0821. The molecule has 0 saturated carbocycles. The molecule has 1 aromatic rings. The average molecular weight is 235 g/mol. The summed E-state index contributed by atoms with van der Waals surface area (Å²) < 4.78 is 0. The molecule has 2 heterocycles. The van der Waals surface area contributed by atoms with E-state index in [0.717, 1.165) is 24.3 Å². The Bertz CT molecular complexity index is 421. The van der Waals surface area contributed by atoms with Crippen LogP contribution in [0.5, 0.6) is 0 Å². The fourth-order valence-electron chi connectivity index (χ4n) is 1.72. The van der Waals surface area contributed by atoms with Gasteiger partial charge in [0.15, 0.2) is 0 Å². The van der Waals surface area contributed by atoms with E-state index in [1.54, 1.807) is 0 Å². The molecule has 1 aromatic heterocycles. The summed E-state index contributed by atoms with van der Waals surface area (Å²) in [7, 11) is 0. The molecule has 0 aromatic carbocycles. The summed E-state index contributed by atoms with van der Waals surface area (Å²) >= 11 is 1.47. The van der Waals surface area contributed by atoms with E-state index in [2.05, 4.69) is 16.7 Å². The lowest BCUT2D eigenvalue weighted by Gasteiger charge is -2.22. The molecule has 5 heteroatoms. The first-order valence-corrected chi connectivity index (χ1v) is 6.11. The van der Waals surface area contributed by atoms with Crippen molar-refractivity contribution in [3.05, 3.63) is 21.9 Å². The number of nitriles is 1. The number of carbonyl (C=O) groups is 1. The van der Waals surface area contributed by atoms with E-state index < -0.39 is 0 Å². The van der Waals surface area contributed by atoms with E-state index in [9.17, 15) is 4.79 Å². The fourth-order valence-corrected chi connectivity index (χ4v) is 2.48. The number of rotatable bonds is 3. The molecule has 1 saturated heterocycles. The number of nitrogens with zero attached hydrogens (tertiary/aromatic N) is 1. The van der Waals surface area contributed by atoms with Gasteiger partial charge in [0, 0.05) is 18.0 Å². The zero-order valence-corrected chi connectivity index (χ0v) is 9.64. The molecule has 84 valence electrons. The van der Waals surface area contributed by atoms with Crippen LogP contribution in [0.2, 0.25) is 0 Å². The van der Waals surface area contributed by atoms with Gasteiger partial charge in [-0.15, -0.1) is 11.3 Å². The van der Waals surface area contributed by atoms with E-state index in [1.165, 1.54) is 11.3 Å². The number of piperidine rings is 1. The van der Waals surface area contributed by atoms with Crippen molar-refractivity contribution in [2.24, 2.45) is 0 Å². The Morgan fingerprint density at radius 2 is 2.50 bits per heavy atom. The molecule has 2 rings (SSSR count). The van der Waals surface area contributed by atoms with Crippen LogP contribution in [0.4, 0.5) is 0 Å². The van der Waals surface area contributed by atoms with Crippen molar-refractivity contribution in [2.75, 3.05) is 6.54 Å². The molecule has 1 amide bonds. The van der Waals surface area contributed by atoms with E-state index in [-0.39, 0.29) is 11.9 Å². The second-order valence-corrected chi connectivity index (χ2v) is 4.91. The van der Waals surface area contributed by atoms with Gasteiger partial charge in [0.05, 0.1) is 6.04 Å². The maximum Gasteiger partial charge on any atom is 0.237 e. The van der Waals surface area contributed by atoms with Crippen molar-refractivity contribution in [2.45, 2.75) is 25.4 Å². The van der Waals surface area contributed by atoms with Crippen molar-refractivity contribution in [3.63, 3.8) is 0 Å². The quantitative estimate of drug-likeness (QED) is 0.821. The Labute approximate surface area is 98.3 Å². The number of hydrogen-bond acceptors (Lipinski definition) is 4. The van der Waals surface area contributed by atoms with Gasteiger partial charge in [-0.1, -0.05) is 0 Å². The first kappa shape index (κ1) is 11.1. The van der Waals surface area contributed by atoms with Crippen LogP contribution in [-0.2, 0) is 11.3 Å². The predicted octanol–water partition coefficient (Wildman–Crippen LogP) is 0.988. The van der Waals surface area contributed by atoms with Gasteiger partial charge in [-0.05, 0) is 25.0 Å². The summed E-state index contributed by atoms with van der Waals surface area (Å²) in [5.41, 5.74) is 0. The molecule has 1 aliphatic heterocycles. The van der Waals surface area contributed by atoms with Crippen LogP contribution in [0, 0.1) is 11.3 Å². The highest BCUT2D eigenvalue weighted by Crippen LogP contribution is 2.15. The van der Waals surface area contributed by atoms with E-state index in [1.807, 2.05) is 12.1 Å². The molecule has 1 aliphatic rings. The third kappa shape index (κ3) is 2.60. The van der Waals surface area contributed by atoms with Crippen LogP contribution in [0.1, 0.15) is 22.6 Å². The summed E-state index contributed by atoms with van der Waals surface area (Å²) in [5, 5.41) is 14.7. The number of carbonyl (C=O) groups excluding carboxylic acids is 1. The maximum absolute atomic E-state index is 11.5. The molecule has 2 N–H and O–H groups in total. The second-order valence-electron chi connectivity index (χ2n) is 3.74. The van der Waals surface area contributed by atoms with Crippen LogP contribution in [0.15, 0.2) is 12.1 Å². The average Bonchev–Trinajstić information content (AvgIpc) is 2.76. The summed E-state index contributed by atoms with van der Waals surface area (Å²) in [6, 6.07) is 5.76. The Balaban J connectivity index is 1.87. The fraction of sp³-hybridized carbons (Fsp3) is 0.455. The normalized spacial score (nSPS) is 20.2. The lowest BCUT2D eigenvalue weighted by molar-refractivity contribution is -0.124. The van der Waals surface area contributed by atoms with Crippen LogP contribution in [-0.4, -0.2) is 18.5 Å². The lowest BCUT2D eigenvalue weighted by Crippen LogP contribution is -2.47. The molecule has 1 unspecified atom stereocenters. The Morgan fingerprint density at radius 3 is 3.19 bits per heavy atom. The topological polar surface area (TPSA) is 64.9 Å². The van der Waals surface area contributed by atoms with E-state index in [4.69, 9.17) is 5.26 Å². The Kier molecular flexibility index (Phi) is 3.54. The molecule has 0 radical (unpaired) electrons. The van der Waals surface area contributed by atoms with E-state index >= 15 is 0 Å². The van der Waals surface area contributed by atoms with Gasteiger partial charge in [0.1, 0.15) is 10.9 Å². The minimum Gasteiger partial charge on any atom is -0.355 e. The second kappa shape index (κ2) is 5.10. The lowest BCUT2D eigenvalue weighted by atomic mass is 10.1. The van der Waals surface area contributed by atoms with Gasteiger partial charge in [0.2, 0.25) is 5.91 Å². The van der Waals surface area contributed by atoms with Gasteiger partial charge in [-0.25, -0.2) is 0 Å². The zero-order valence-electron chi connectivity index (χ0n) is 8.82. The Hall–Kier alpha value is -1.38. The molecular weight excluding hydrogens is 222 g/mol. The molecule has 1 fully saturated rings. The third-order valence-electron chi connectivity index (χ3n) is 2.58. The third-order valence-corrected chi connectivity index (χ3v) is 3.57. The van der Waals surface area contributed by atoms with Gasteiger partial charge in [-0.2, -0.15) is 5.26 Å². The van der Waals surface area contributed by atoms with E-state index in [0.29, 0.717) is 11.4 Å². The van der Waals surface area contributed by atoms with Gasteiger partial charge < -0.3 is 10.6 Å². The highest BCUT2D eigenvalue weighted by molar-refractivity contribution is 7.12. The van der Waals surface area contributed by atoms with Crippen LogP contribution in [0.25, 0.3) is 0 Å². The first-order valence-electron chi connectivity index (χ1n) is 5.29. The van der Waals surface area contributed by atoms with Crippen LogP contribution >= 0.6 is 11.3 Å². The number of nitrogens with one attached hydrogen (secondary N) is 2. The molecule has 0 spiro atoms. The summed E-state index contributed by atoms with van der Waals surface area (Å²) in [6.45, 7) is 1.44. The number of amides is 1. The van der Waals surface area contributed by atoms with Crippen LogP contribution in [0.3, 0.4) is 0 Å². The van der Waals surface area contributed by atoms with Crippen molar-refractivity contribution < 1.29 is 4.79 Å². The smallest absolute Gasteiger partial charge is 0.237 e. The largest absolute Gasteiger partial charge is 0.355 e. The zero-order chi connectivity index (χ0) is 11.4. The van der Waals surface area contributed by atoms with Crippen molar-refractivity contribution in [1.29, 1.82) is 5.26 Å². The van der Waals surface area contributed by atoms with Gasteiger partial charge >= 0.3 is 0 Å². The van der Waals surface area contributed by atoms with Gasteiger partial charge in [0.25, 0.3) is 0 Å². The molecule has 16 heavy (non-hydrogen) atoms. The van der Waals surface area contributed by atoms with Crippen LogP contribution < -0.4 is 10.6 Å². The van der Waals surface area contributed by atoms with Crippen molar-refractivity contribution in [1.82, 2.24) is 10.6 Å². The first-order chi connectivity index (χ1) is 7.79. The van der Waals surface area contributed by atoms with Crippen molar-refractivity contribution in [3.8, 4) is 6.07 Å². The highest BCUT2D eigenvalue weighted by Gasteiger charge is 2.20.